The highest BCUT2D eigenvalue weighted by Crippen LogP contribution is 2.40. The maximum atomic E-state index is 13.1. The highest BCUT2D eigenvalue weighted by Gasteiger charge is 2.29. The molecule has 4 rings (SSSR count). The number of fused-ring (bicyclic) bond motifs is 1. The molecule has 2 aromatic carbocycles. The number of hydrogen-bond donors (Lipinski definition) is 1. The fraction of sp³-hybridized carbons (Fsp3) is 0.500. The molecule has 1 atom stereocenters. The normalized spacial score (nSPS) is 15.2. The molecule has 182 valence electrons. The molecule has 1 fully saturated rings. The van der Waals surface area contributed by atoms with Crippen LogP contribution in [0.1, 0.15) is 83.1 Å². The van der Waals surface area contributed by atoms with Crippen molar-refractivity contribution in [2.24, 2.45) is 7.05 Å². The zero-order valence-corrected chi connectivity index (χ0v) is 22.1. The average molecular weight is 527 g/mol. The number of halogens is 1. The molecule has 0 radical (unpaired) electrons. The Bertz CT molecular complexity index is 1200. The van der Waals surface area contributed by atoms with Gasteiger partial charge in [0.25, 0.3) is 5.56 Å². The van der Waals surface area contributed by atoms with Crippen LogP contribution >= 0.6 is 15.9 Å². The lowest BCUT2D eigenvalue weighted by Crippen LogP contribution is -2.33. The van der Waals surface area contributed by atoms with Gasteiger partial charge in [-0.25, -0.2) is 0 Å². The second kappa shape index (κ2) is 10.9. The maximum absolute atomic E-state index is 13.1. The zero-order valence-electron chi connectivity index (χ0n) is 20.6. The fourth-order valence-corrected chi connectivity index (χ4v) is 6.00. The molecule has 0 spiro atoms. The van der Waals surface area contributed by atoms with Crippen molar-refractivity contribution < 1.29 is 5.11 Å². The van der Waals surface area contributed by atoms with E-state index < -0.39 is 0 Å². The molecule has 34 heavy (non-hydrogen) atoms. The van der Waals surface area contributed by atoms with E-state index in [1.54, 1.807) is 0 Å². The van der Waals surface area contributed by atoms with Crippen LogP contribution in [0.4, 0.5) is 11.6 Å². The number of anilines is 2. The molecule has 0 amide bonds. The third-order valence-corrected chi connectivity index (χ3v) is 7.91. The third-order valence-electron chi connectivity index (χ3n) is 7.25. The second-order valence-corrected chi connectivity index (χ2v) is 10.4. The van der Waals surface area contributed by atoms with E-state index in [2.05, 4.69) is 45.7 Å². The molecule has 1 aliphatic carbocycles. The predicted octanol–water partition coefficient (Wildman–Crippen LogP) is 7.56. The van der Waals surface area contributed by atoms with E-state index in [1.807, 2.05) is 41.9 Å². The van der Waals surface area contributed by atoms with Gasteiger partial charge in [-0.3, -0.25) is 4.79 Å². The summed E-state index contributed by atoms with van der Waals surface area (Å²) in [5, 5.41) is 11.4. The SMILES string of the molecule is CCCCC(CCC)c1cc(N(c2nc(=O)c3c(Br)cccc3n2C)C2CCCC2)ccc1O. The van der Waals surface area contributed by atoms with Gasteiger partial charge in [-0.15, -0.1) is 0 Å². The van der Waals surface area contributed by atoms with Crippen molar-refractivity contribution >= 4 is 38.5 Å². The molecular formula is C28H36BrN3O2. The summed E-state index contributed by atoms with van der Waals surface area (Å²) in [4.78, 5) is 20.0. The van der Waals surface area contributed by atoms with Gasteiger partial charge in [0.15, 0.2) is 0 Å². The van der Waals surface area contributed by atoms with E-state index in [0.29, 0.717) is 23.0 Å². The van der Waals surface area contributed by atoms with Crippen LogP contribution in [-0.4, -0.2) is 20.7 Å². The number of rotatable bonds is 9. The quantitative estimate of drug-likeness (QED) is 0.313. The summed E-state index contributed by atoms with van der Waals surface area (Å²) in [5.41, 5.74) is 2.67. The highest BCUT2D eigenvalue weighted by molar-refractivity contribution is 9.10. The number of hydrogen-bond acceptors (Lipinski definition) is 4. The average Bonchev–Trinajstić information content (AvgIpc) is 3.35. The van der Waals surface area contributed by atoms with Gasteiger partial charge in [-0.1, -0.05) is 52.0 Å². The minimum atomic E-state index is -0.218. The maximum Gasteiger partial charge on any atom is 0.283 e. The second-order valence-electron chi connectivity index (χ2n) is 9.59. The molecule has 1 saturated carbocycles. The van der Waals surface area contributed by atoms with Crippen LogP contribution in [0.2, 0.25) is 0 Å². The molecule has 3 aromatic rings. The van der Waals surface area contributed by atoms with Crippen molar-refractivity contribution in [2.45, 2.75) is 83.6 Å². The molecule has 1 aromatic heterocycles. The van der Waals surface area contributed by atoms with Crippen LogP contribution in [0, 0.1) is 0 Å². The lowest BCUT2D eigenvalue weighted by atomic mass is 9.88. The first-order valence-electron chi connectivity index (χ1n) is 12.7. The molecule has 5 nitrogen and oxygen atoms in total. The first-order chi connectivity index (χ1) is 16.5. The first kappa shape index (κ1) is 24.8. The number of aromatic hydroxyl groups is 1. The van der Waals surface area contributed by atoms with Crippen molar-refractivity contribution in [3.63, 3.8) is 0 Å². The van der Waals surface area contributed by atoms with E-state index in [9.17, 15) is 9.90 Å². The van der Waals surface area contributed by atoms with Crippen LogP contribution in [0.15, 0.2) is 45.7 Å². The summed E-state index contributed by atoms with van der Waals surface area (Å²) in [5.74, 6) is 1.37. The number of benzene rings is 2. The van der Waals surface area contributed by atoms with Crippen LogP contribution in [-0.2, 0) is 7.05 Å². The first-order valence-corrected chi connectivity index (χ1v) is 13.5. The standard InChI is InChI=1S/C28H36BrN3O2/c1-4-6-11-19(10-5-2)22-18-21(16-17-25(22)33)32(20-12-7-8-13-20)28-30-27(34)26-23(29)14-9-15-24(26)31(28)3/h9,14-20,33H,4-8,10-13H2,1-3H3. The molecule has 1 aliphatic rings. The Labute approximate surface area is 211 Å². The minimum Gasteiger partial charge on any atom is -0.508 e. The summed E-state index contributed by atoms with van der Waals surface area (Å²) < 4.78 is 2.80. The number of phenols is 1. The number of unbranched alkanes of at least 4 members (excludes halogenated alkanes) is 1. The molecule has 0 saturated heterocycles. The smallest absolute Gasteiger partial charge is 0.283 e. The fourth-order valence-electron chi connectivity index (χ4n) is 5.47. The Kier molecular flexibility index (Phi) is 7.97. The molecule has 0 bridgehead atoms. The Balaban J connectivity index is 1.87. The van der Waals surface area contributed by atoms with E-state index in [4.69, 9.17) is 0 Å². The lowest BCUT2D eigenvalue weighted by Gasteiger charge is -2.32. The van der Waals surface area contributed by atoms with Gasteiger partial charge in [0, 0.05) is 23.2 Å². The van der Waals surface area contributed by atoms with E-state index in [0.717, 1.165) is 66.2 Å². The summed E-state index contributed by atoms with van der Waals surface area (Å²) in [6, 6.07) is 12.1. The summed E-state index contributed by atoms with van der Waals surface area (Å²) in [6.07, 6.45) is 9.99. The van der Waals surface area contributed by atoms with Crippen LogP contribution < -0.4 is 10.5 Å². The zero-order chi connectivity index (χ0) is 24.2. The Morgan fingerprint density at radius 2 is 1.91 bits per heavy atom. The van der Waals surface area contributed by atoms with Crippen molar-refractivity contribution in [3.8, 4) is 5.75 Å². The van der Waals surface area contributed by atoms with Crippen LogP contribution in [0.5, 0.6) is 5.75 Å². The van der Waals surface area contributed by atoms with Gasteiger partial charge in [-0.2, -0.15) is 4.98 Å². The van der Waals surface area contributed by atoms with Gasteiger partial charge >= 0.3 is 0 Å². The summed E-state index contributed by atoms with van der Waals surface area (Å²) in [6.45, 7) is 4.42. The van der Waals surface area contributed by atoms with Crippen molar-refractivity contribution in [1.29, 1.82) is 0 Å². The Morgan fingerprint density at radius 1 is 1.15 bits per heavy atom. The Morgan fingerprint density at radius 3 is 2.62 bits per heavy atom. The van der Waals surface area contributed by atoms with Gasteiger partial charge in [-0.05, 0) is 83.4 Å². The van der Waals surface area contributed by atoms with E-state index in [1.165, 1.54) is 12.8 Å². The van der Waals surface area contributed by atoms with Crippen molar-refractivity contribution in [2.75, 3.05) is 4.90 Å². The van der Waals surface area contributed by atoms with Gasteiger partial charge < -0.3 is 14.6 Å². The molecular weight excluding hydrogens is 490 g/mol. The Hall–Kier alpha value is -2.34. The molecule has 6 heteroatoms. The van der Waals surface area contributed by atoms with Crippen LogP contribution in [0.3, 0.4) is 0 Å². The predicted molar refractivity (Wildman–Crippen MR) is 144 cm³/mol. The molecule has 1 unspecified atom stereocenters. The monoisotopic (exact) mass is 525 g/mol. The molecule has 1 heterocycles. The van der Waals surface area contributed by atoms with Gasteiger partial charge in [0.1, 0.15) is 5.75 Å². The minimum absolute atomic E-state index is 0.218. The number of phenolic OH excluding ortho intramolecular Hbond substituents is 1. The lowest BCUT2D eigenvalue weighted by molar-refractivity contribution is 0.448. The number of nitrogens with zero attached hydrogens (tertiary/aromatic N) is 3. The molecule has 1 N–H and O–H groups in total. The topological polar surface area (TPSA) is 58.4 Å². The number of aryl methyl sites for hydroxylation is 1. The third kappa shape index (κ3) is 4.88. The van der Waals surface area contributed by atoms with Crippen molar-refractivity contribution in [3.05, 3.63) is 56.8 Å². The van der Waals surface area contributed by atoms with E-state index in [-0.39, 0.29) is 11.6 Å². The van der Waals surface area contributed by atoms with Crippen LogP contribution in [0.25, 0.3) is 10.9 Å². The molecule has 0 aliphatic heterocycles. The highest BCUT2D eigenvalue weighted by atomic mass is 79.9. The summed E-state index contributed by atoms with van der Waals surface area (Å²) >= 11 is 3.53. The van der Waals surface area contributed by atoms with Gasteiger partial charge in [0.05, 0.1) is 10.9 Å². The van der Waals surface area contributed by atoms with Gasteiger partial charge in [0.2, 0.25) is 5.95 Å². The number of aromatic nitrogens is 2. The largest absolute Gasteiger partial charge is 0.508 e. The van der Waals surface area contributed by atoms with E-state index >= 15 is 0 Å². The summed E-state index contributed by atoms with van der Waals surface area (Å²) in [7, 11) is 1.99. The van der Waals surface area contributed by atoms with Crippen molar-refractivity contribution in [1.82, 2.24) is 9.55 Å².